The van der Waals surface area contributed by atoms with Gasteiger partial charge in [-0.05, 0) is 31.9 Å². The summed E-state index contributed by atoms with van der Waals surface area (Å²) < 4.78 is 5.96. The Morgan fingerprint density at radius 1 is 1.00 bits per heavy atom. The molecule has 0 amide bonds. The van der Waals surface area contributed by atoms with E-state index in [-0.39, 0.29) is 12.2 Å². The summed E-state index contributed by atoms with van der Waals surface area (Å²) in [5.41, 5.74) is 1.24. The van der Waals surface area contributed by atoms with Crippen LogP contribution in [0.2, 0.25) is 0 Å². The molecule has 0 aliphatic heterocycles. The lowest BCUT2D eigenvalue weighted by Gasteiger charge is -2.20. The van der Waals surface area contributed by atoms with Gasteiger partial charge in [0.25, 0.3) is 0 Å². The van der Waals surface area contributed by atoms with Crippen LogP contribution in [0.1, 0.15) is 39.4 Å². The van der Waals surface area contributed by atoms with Crippen LogP contribution in [0.4, 0.5) is 0 Å². The molecule has 2 atom stereocenters. The predicted octanol–water partition coefficient (Wildman–Crippen LogP) is 3.40. The van der Waals surface area contributed by atoms with Crippen molar-refractivity contribution in [2.45, 2.75) is 39.9 Å². The number of hydrogen-bond donors (Lipinski definition) is 1. The summed E-state index contributed by atoms with van der Waals surface area (Å²) in [5.74, 6) is 0.689. The largest absolute Gasteiger partial charge is 0.370 e. The van der Waals surface area contributed by atoms with Crippen molar-refractivity contribution < 1.29 is 4.74 Å². The molecular formula is C15H25NO. The zero-order valence-corrected chi connectivity index (χ0v) is 11.4. The summed E-state index contributed by atoms with van der Waals surface area (Å²) >= 11 is 0. The van der Waals surface area contributed by atoms with E-state index in [9.17, 15) is 0 Å². The summed E-state index contributed by atoms with van der Waals surface area (Å²) in [7, 11) is 0. The van der Waals surface area contributed by atoms with Crippen LogP contribution in [0.15, 0.2) is 30.3 Å². The second-order valence-electron chi connectivity index (χ2n) is 5.05. The summed E-state index contributed by atoms with van der Waals surface area (Å²) in [6.07, 6.45) is 0.399. The van der Waals surface area contributed by atoms with Crippen LogP contribution in [0.25, 0.3) is 0 Å². The van der Waals surface area contributed by atoms with Gasteiger partial charge in [-0.25, -0.2) is 0 Å². The average Bonchev–Trinajstić information content (AvgIpc) is 2.29. The van der Waals surface area contributed by atoms with E-state index in [4.69, 9.17) is 4.74 Å². The molecule has 0 aliphatic carbocycles. The molecule has 0 fully saturated rings. The topological polar surface area (TPSA) is 21.3 Å². The first kappa shape index (κ1) is 14.2. The molecule has 1 rings (SSSR count). The van der Waals surface area contributed by atoms with E-state index in [2.05, 4.69) is 57.3 Å². The second-order valence-corrected chi connectivity index (χ2v) is 5.05. The standard InChI is InChI=1S/C15H25NO/c1-12(2)10-16-11-13(3)17-14(4)15-8-6-5-7-9-15/h5-9,12-14,16H,10-11H2,1-4H3. The van der Waals surface area contributed by atoms with Gasteiger partial charge in [0.1, 0.15) is 0 Å². The van der Waals surface area contributed by atoms with Gasteiger partial charge >= 0.3 is 0 Å². The van der Waals surface area contributed by atoms with E-state index < -0.39 is 0 Å². The van der Waals surface area contributed by atoms with Gasteiger partial charge in [0.15, 0.2) is 0 Å². The number of rotatable bonds is 7. The Balaban J connectivity index is 2.28. The highest BCUT2D eigenvalue weighted by molar-refractivity contribution is 5.16. The zero-order chi connectivity index (χ0) is 12.7. The molecule has 2 unspecified atom stereocenters. The molecule has 1 N–H and O–H groups in total. The van der Waals surface area contributed by atoms with Gasteiger partial charge in [-0.2, -0.15) is 0 Å². The third-order valence-corrected chi connectivity index (χ3v) is 2.69. The normalized spacial score (nSPS) is 14.9. The molecule has 0 aliphatic rings. The fraction of sp³-hybridized carbons (Fsp3) is 0.600. The highest BCUT2D eigenvalue weighted by atomic mass is 16.5. The van der Waals surface area contributed by atoms with Crippen LogP contribution in [0, 0.1) is 5.92 Å². The van der Waals surface area contributed by atoms with Gasteiger partial charge in [-0.1, -0.05) is 44.2 Å². The average molecular weight is 235 g/mol. The van der Waals surface area contributed by atoms with Crippen molar-refractivity contribution in [2.24, 2.45) is 5.92 Å². The van der Waals surface area contributed by atoms with Gasteiger partial charge < -0.3 is 10.1 Å². The Morgan fingerprint density at radius 2 is 1.65 bits per heavy atom. The molecule has 1 aromatic rings. The van der Waals surface area contributed by atoms with E-state index in [1.807, 2.05) is 6.07 Å². The first-order chi connectivity index (χ1) is 8.09. The van der Waals surface area contributed by atoms with Crippen LogP contribution in [0.3, 0.4) is 0 Å². The summed E-state index contributed by atoms with van der Waals surface area (Å²) in [5, 5.41) is 3.42. The smallest absolute Gasteiger partial charge is 0.0801 e. The van der Waals surface area contributed by atoms with Crippen molar-refractivity contribution in [3.63, 3.8) is 0 Å². The van der Waals surface area contributed by atoms with E-state index in [1.165, 1.54) is 5.56 Å². The van der Waals surface area contributed by atoms with E-state index in [0.29, 0.717) is 5.92 Å². The van der Waals surface area contributed by atoms with Crippen molar-refractivity contribution in [2.75, 3.05) is 13.1 Å². The predicted molar refractivity (Wildman–Crippen MR) is 73.1 cm³/mol. The lowest BCUT2D eigenvalue weighted by atomic mass is 10.1. The molecule has 96 valence electrons. The van der Waals surface area contributed by atoms with Crippen LogP contribution in [0.5, 0.6) is 0 Å². The summed E-state index contributed by atoms with van der Waals surface area (Å²) in [4.78, 5) is 0. The Morgan fingerprint density at radius 3 is 2.24 bits per heavy atom. The van der Waals surface area contributed by atoms with Crippen LogP contribution in [-0.2, 0) is 4.74 Å². The number of nitrogens with one attached hydrogen (secondary N) is 1. The van der Waals surface area contributed by atoms with Crippen molar-refractivity contribution in [3.05, 3.63) is 35.9 Å². The molecule has 0 saturated carbocycles. The molecule has 0 bridgehead atoms. The molecular weight excluding hydrogens is 210 g/mol. The molecule has 2 nitrogen and oxygen atoms in total. The van der Waals surface area contributed by atoms with Crippen LogP contribution < -0.4 is 5.32 Å². The Hall–Kier alpha value is -0.860. The third kappa shape index (κ3) is 5.85. The van der Waals surface area contributed by atoms with E-state index >= 15 is 0 Å². The monoisotopic (exact) mass is 235 g/mol. The van der Waals surface area contributed by atoms with Gasteiger partial charge in [0, 0.05) is 6.54 Å². The molecule has 0 radical (unpaired) electrons. The fourth-order valence-electron chi connectivity index (χ4n) is 1.77. The number of benzene rings is 1. The van der Waals surface area contributed by atoms with Crippen molar-refractivity contribution in [1.82, 2.24) is 5.32 Å². The SMILES string of the molecule is CC(C)CNCC(C)OC(C)c1ccccc1. The van der Waals surface area contributed by atoms with E-state index in [1.54, 1.807) is 0 Å². The summed E-state index contributed by atoms with van der Waals surface area (Å²) in [6.45, 7) is 10.6. The Labute approximate surface area is 105 Å². The van der Waals surface area contributed by atoms with Crippen LogP contribution >= 0.6 is 0 Å². The second kappa shape index (κ2) is 7.46. The highest BCUT2D eigenvalue weighted by Crippen LogP contribution is 2.17. The van der Waals surface area contributed by atoms with Crippen molar-refractivity contribution >= 4 is 0 Å². The molecule has 1 aromatic carbocycles. The number of ether oxygens (including phenoxy) is 1. The molecule has 0 heterocycles. The first-order valence-electron chi connectivity index (χ1n) is 6.50. The maximum Gasteiger partial charge on any atom is 0.0801 e. The lowest BCUT2D eigenvalue weighted by Crippen LogP contribution is -2.30. The highest BCUT2D eigenvalue weighted by Gasteiger charge is 2.10. The fourth-order valence-corrected chi connectivity index (χ4v) is 1.77. The zero-order valence-electron chi connectivity index (χ0n) is 11.4. The first-order valence-corrected chi connectivity index (χ1v) is 6.50. The molecule has 0 spiro atoms. The van der Waals surface area contributed by atoms with Crippen LogP contribution in [-0.4, -0.2) is 19.2 Å². The molecule has 0 aromatic heterocycles. The molecule has 0 saturated heterocycles. The maximum atomic E-state index is 5.96. The minimum absolute atomic E-state index is 0.159. The minimum atomic E-state index is 0.159. The van der Waals surface area contributed by atoms with Gasteiger partial charge in [0.2, 0.25) is 0 Å². The van der Waals surface area contributed by atoms with Gasteiger partial charge in [0.05, 0.1) is 12.2 Å². The van der Waals surface area contributed by atoms with E-state index in [0.717, 1.165) is 13.1 Å². The third-order valence-electron chi connectivity index (χ3n) is 2.69. The van der Waals surface area contributed by atoms with Gasteiger partial charge in [-0.15, -0.1) is 0 Å². The van der Waals surface area contributed by atoms with Crippen molar-refractivity contribution in [1.29, 1.82) is 0 Å². The lowest BCUT2D eigenvalue weighted by molar-refractivity contribution is 0.00770. The maximum absolute atomic E-state index is 5.96. The Bertz CT molecular complexity index is 297. The molecule has 2 heteroatoms. The molecule has 17 heavy (non-hydrogen) atoms. The summed E-state index contributed by atoms with van der Waals surface area (Å²) in [6, 6.07) is 10.4. The number of hydrogen-bond acceptors (Lipinski definition) is 2. The van der Waals surface area contributed by atoms with Crippen molar-refractivity contribution in [3.8, 4) is 0 Å². The minimum Gasteiger partial charge on any atom is -0.370 e. The van der Waals surface area contributed by atoms with Gasteiger partial charge in [-0.3, -0.25) is 0 Å². The Kier molecular flexibility index (Phi) is 6.23. The quantitative estimate of drug-likeness (QED) is 0.782.